The summed E-state index contributed by atoms with van der Waals surface area (Å²) in [7, 11) is 0. The van der Waals surface area contributed by atoms with E-state index in [0.29, 0.717) is 12.2 Å². The molecule has 13 heavy (non-hydrogen) atoms. The monoisotopic (exact) mass is 194 g/mol. The standard InChI is InChI=1S/C11H10O.ClH/c12-11-7-6-9-4-2-1-3-5-10(9)8-11;/h1-7,12H,8H2;1H. The normalized spacial score (nSPS) is 18.9. The van der Waals surface area contributed by atoms with E-state index in [1.165, 1.54) is 11.1 Å². The predicted octanol–water partition coefficient (Wildman–Crippen LogP) is 3.23. The molecule has 0 radical (unpaired) electrons. The summed E-state index contributed by atoms with van der Waals surface area (Å²) in [4.78, 5) is 0. The van der Waals surface area contributed by atoms with Crippen molar-refractivity contribution in [1.29, 1.82) is 0 Å². The molecule has 1 nitrogen and oxygen atoms in total. The molecule has 0 aromatic carbocycles. The molecule has 0 spiro atoms. The lowest BCUT2D eigenvalue weighted by Gasteiger charge is -2.10. The summed E-state index contributed by atoms with van der Waals surface area (Å²) in [5.41, 5.74) is 2.37. The maximum atomic E-state index is 9.27. The van der Waals surface area contributed by atoms with Crippen LogP contribution in [0.5, 0.6) is 0 Å². The SMILES string of the molecule is Cl.OC1=CC=C2C=CC=CC=C2C1. The fraction of sp³-hybridized carbons (Fsp3) is 0.0909. The minimum atomic E-state index is 0. The van der Waals surface area contributed by atoms with Crippen LogP contribution in [0.2, 0.25) is 0 Å². The van der Waals surface area contributed by atoms with Crippen molar-refractivity contribution in [3.05, 3.63) is 59.4 Å². The number of hydrogen-bond acceptors (Lipinski definition) is 1. The largest absolute Gasteiger partial charge is 0.512 e. The molecule has 2 aliphatic carbocycles. The van der Waals surface area contributed by atoms with Crippen LogP contribution in [0.3, 0.4) is 0 Å². The van der Waals surface area contributed by atoms with Crippen molar-refractivity contribution in [1.82, 2.24) is 0 Å². The summed E-state index contributed by atoms with van der Waals surface area (Å²) < 4.78 is 0. The van der Waals surface area contributed by atoms with Gasteiger partial charge in [-0.2, -0.15) is 0 Å². The van der Waals surface area contributed by atoms with E-state index in [-0.39, 0.29) is 12.4 Å². The van der Waals surface area contributed by atoms with Gasteiger partial charge in [-0.15, -0.1) is 12.4 Å². The van der Waals surface area contributed by atoms with E-state index in [1.807, 2.05) is 30.4 Å². The Morgan fingerprint density at radius 3 is 2.69 bits per heavy atom. The lowest BCUT2D eigenvalue weighted by atomic mass is 9.97. The van der Waals surface area contributed by atoms with E-state index in [1.54, 1.807) is 6.08 Å². The summed E-state index contributed by atoms with van der Waals surface area (Å²) in [6.45, 7) is 0. The van der Waals surface area contributed by atoms with Crippen LogP contribution < -0.4 is 0 Å². The molecule has 0 saturated carbocycles. The molecule has 0 heterocycles. The first-order chi connectivity index (χ1) is 5.86. The average Bonchev–Trinajstić information content (AvgIpc) is 2.28. The lowest BCUT2D eigenvalue weighted by molar-refractivity contribution is 0.397. The van der Waals surface area contributed by atoms with Gasteiger partial charge in [0.2, 0.25) is 0 Å². The van der Waals surface area contributed by atoms with Gasteiger partial charge in [-0.1, -0.05) is 36.5 Å². The smallest absolute Gasteiger partial charge is 0.0966 e. The topological polar surface area (TPSA) is 20.2 Å². The van der Waals surface area contributed by atoms with Gasteiger partial charge < -0.3 is 5.11 Å². The molecule has 2 rings (SSSR count). The first-order valence-corrected chi connectivity index (χ1v) is 4.00. The molecule has 0 unspecified atom stereocenters. The van der Waals surface area contributed by atoms with Crippen molar-refractivity contribution in [3.63, 3.8) is 0 Å². The zero-order valence-corrected chi connectivity index (χ0v) is 7.92. The molecule has 0 aliphatic heterocycles. The molecule has 0 amide bonds. The summed E-state index contributed by atoms with van der Waals surface area (Å²) in [5, 5.41) is 9.27. The maximum absolute atomic E-state index is 9.27. The Labute approximate surface area is 83.9 Å². The number of aliphatic hydroxyl groups excluding tert-OH is 1. The Bertz CT molecular complexity index is 343. The van der Waals surface area contributed by atoms with Crippen LogP contribution in [0.4, 0.5) is 0 Å². The van der Waals surface area contributed by atoms with Gasteiger partial charge in [0.25, 0.3) is 0 Å². The van der Waals surface area contributed by atoms with Crippen LogP contribution in [0.15, 0.2) is 59.4 Å². The Balaban J connectivity index is 0.000000845. The molecule has 1 N–H and O–H groups in total. The van der Waals surface area contributed by atoms with Gasteiger partial charge >= 0.3 is 0 Å². The highest BCUT2D eigenvalue weighted by Crippen LogP contribution is 2.25. The maximum Gasteiger partial charge on any atom is 0.0966 e. The van der Waals surface area contributed by atoms with Crippen molar-refractivity contribution >= 4 is 12.4 Å². The molecule has 0 fully saturated rings. The van der Waals surface area contributed by atoms with Crippen molar-refractivity contribution < 1.29 is 5.11 Å². The molecule has 0 atom stereocenters. The Morgan fingerprint density at radius 1 is 1.00 bits per heavy atom. The molecule has 2 aliphatic rings. The Morgan fingerprint density at radius 2 is 1.85 bits per heavy atom. The lowest BCUT2D eigenvalue weighted by Crippen LogP contribution is -1.94. The third-order valence-electron chi connectivity index (χ3n) is 1.99. The molecule has 0 bridgehead atoms. The molecular weight excluding hydrogens is 184 g/mol. The fourth-order valence-electron chi connectivity index (χ4n) is 1.36. The molecule has 0 saturated heterocycles. The second kappa shape index (κ2) is 4.15. The van der Waals surface area contributed by atoms with Crippen molar-refractivity contribution in [2.24, 2.45) is 0 Å². The third kappa shape index (κ3) is 2.13. The Kier molecular flexibility index (Phi) is 3.15. The molecule has 68 valence electrons. The van der Waals surface area contributed by atoms with Gasteiger partial charge in [0.1, 0.15) is 0 Å². The van der Waals surface area contributed by atoms with Gasteiger partial charge in [0.05, 0.1) is 5.76 Å². The first-order valence-electron chi connectivity index (χ1n) is 4.00. The van der Waals surface area contributed by atoms with Gasteiger partial charge in [0.15, 0.2) is 0 Å². The second-order valence-corrected chi connectivity index (χ2v) is 2.89. The fourth-order valence-corrected chi connectivity index (χ4v) is 1.36. The van der Waals surface area contributed by atoms with Gasteiger partial charge in [0, 0.05) is 6.42 Å². The van der Waals surface area contributed by atoms with E-state index < -0.39 is 0 Å². The average molecular weight is 195 g/mol. The third-order valence-corrected chi connectivity index (χ3v) is 1.99. The van der Waals surface area contributed by atoms with Gasteiger partial charge in [-0.05, 0) is 17.2 Å². The highest BCUT2D eigenvalue weighted by Gasteiger charge is 2.08. The van der Waals surface area contributed by atoms with Crippen LogP contribution in [0.25, 0.3) is 0 Å². The molecular formula is C11H11ClO. The van der Waals surface area contributed by atoms with Crippen LogP contribution in [0, 0.1) is 0 Å². The summed E-state index contributed by atoms with van der Waals surface area (Å²) in [5.74, 6) is 0.439. The van der Waals surface area contributed by atoms with Gasteiger partial charge in [-0.25, -0.2) is 0 Å². The van der Waals surface area contributed by atoms with Crippen molar-refractivity contribution in [2.45, 2.75) is 6.42 Å². The number of hydrogen-bond donors (Lipinski definition) is 1. The van der Waals surface area contributed by atoms with E-state index in [4.69, 9.17) is 0 Å². The number of allylic oxidation sites excluding steroid dienone is 9. The molecule has 0 aromatic heterocycles. The quantitative estimate of drug-likeness (QED) is 0.628. The van der Waals surface area contributed by atoms with E-state index in [0.717, 1.165) is 0 Å². The summed E-state index contributed by atoms with van der Waals surface area (Å²) in [6.07, 6.45) is 14.4. The van der Waals surface area contributed by atoms with Crippen LogP contribution in [0.1, 0.15) is 6.42 Å². The van der Waals surface area contributed by atoms with Crippen molar-refractivity contribution in [3.8, 4) is 0 Å². The van der Waals surface area contributed by atoms with Crippen LogP contribution in [-0.2, 0) is 0 Å². The van der Waals surface area contributed by atoms with Crippen LogP contribution in [-0.4, -0.2) is 5.11 Å². The number of rotatable bonds is 0. The minimum absolute atomic E-state index is 0. The number of halogens is 1. The number of aliphatic hydroxyl groups is 1. The van der Waals surface area contributed by atoms with Crippen molar-refractivity contribution in [2.75, 3.05) is 0 Å². The minimum Gasteiger partial charge on any atom is -0.512 e. The molecule has 2 heteroatoms. The molecule has 0 aromatic rings. The Hall–Kier alpha value is -1.21. The van der Waals surface area contributed by atoms with Gasteiger partial charge in [-0.3, -0.25) is 0 Å². The van der Waals surface area contributed by atoms with E-state index in [2.05, 4.69) is 6.08 Å². The predicted molar refractivity (Wildman–Crippen MR) is 57.0 cm³/mol. The van der Waals surface area contributed by atoms with Crippen LogP contribution >= 0.6 is 12.4 Å². The highest BCUT2D eigenvalue weighted by atomic mass is 35.5. The van der Waals surface area contributed by atoms with E-state index in [9.17, 15) is 5.11 Å². The zero-order chi connectivity index (χ0) is 8.39. The van der Waals surface area contributed by atoms with E-state index >= 15 is 0 Å². The zero-order valence-electron chi connectivity index (χ0n) is 7.10. The first kappa shape index (κ1) is 9.87. The highest BCUT2D eigenvalue weighted by molar-refractivity contribution is 5.85. The second-order valence-electron chi connectivity index (χ2n) is 2.89. The summed E-state index contributed by atoms with van der Waals surface area (Å²) in [6, 6.07) is 0. The summed E-state index contributed by atoms with van der Waals surface area (Å²) >= 11 is 0. The number of fused-ring (bicyclic) bond motifs is 1.